The van der Waals surface area contributed by atoms with Crippen LogP contribution >= 0.6 is 23.2 Å². The third-order valence-corrected chi connectivity index (χ3v) is 4.28. The van der Waals surface area contributed by atoms with Gasteiger partial charge in [0.25, 0.3) is 0 Å². The predicted molar refractivity (Wildman–Crippen MR) is 92.6 cm³/mol. The highest BCUT2D eigenvalue weighted by Gasteiger charge is 2.21. The molecular formula is C17H17Cl2N3. The Morgan fingerprint density at radius 2 is 1.82 bits per heavy atom. The van der Waals surface area contributed by atoms with Crippen molar-refractivity contribution in [2.45, 2.75) is 25.9 Å². The van der Waals surface area contributed by atoms with Gasteiger partial charge in [0.15, 0.2) is 0 Å². The number of halogens is 2. The molecule has 0 bridgehead atoms. The molecule has 5 heteroatoms. The maximum absolute atomic E-state index is 6.46. The Bertz CT molecular complexity index is 824. The standard InChI is InChI=1S/C17H17Cl2N3/c1-10(2)22-15-6-4-3-5-14(15)21-17(22)16(20)12-8-7-11(18)9-13(12)19/h3-10,16H,20H2,1-2H3. The van der Waals surface area contributed by atoms with Crippen LogP contribution in [-0.2, 0) is 0 Å². The summed E-state index contributed by atoms with van der Waals surface area (Å²) >= 11 is 12.3. The van der Waals surface area contributed by atoms with Gasteiger partial charge in [-0.3, -0.25) is 0 Å². The third-order valence-electron chi connectivity index (χ3n) is 3.72. The van der Waals surface area contributed by atoms with Crippen molar-refractivity contribution in [1.29, 1.82) is 0 Å². The second-order valence-electron chi connectivity index (χ2n) is 5.57. The highest BCUT2D eigenvalue weighted by molar-refractivity contribution is 6.35. The molecule has 22 heavy (non-hydrogen) atoms. The van der Waals surface area contributed by atoms with Gasteiger partial charge in [0, 0.05) is 16.1 Å². The summed E-state index contributed by atoms with van der Waals surface area (Å²) in [5.74, 6) is 0.806. The lowest BCUT2D eigenvalue weighted by atomic mass is 10.1. The zero-order valence-electron chi connectivity index (χ0n) is 12.4. The number of hydrogen-bond acceptors (Lipinski definition) is 2. The van der Waals surface area contributed by atoms with Crippen molar-refractivity contribution in [3.8, 4) is 0 Å². The van der Waals surface area contributed by atoms with Gasteiger partial charge in [0.2, 0.25) is 0 Å². The Kier molecular flexibility index (Phi) is 4.13. The summed E-state index contributed by atoms with van der Waals surface area (Å²) in [5, 5.41) is 1.15. The highest BCUT2D eigenvalue weighted by Crippen LogP contribution is 2.31. The number of para-hydroxylation sites is 2. The molecule has 0 aliphatic rings. The minimum atomic E-state index is -0.403. The Hall–Kier alpha value is -1.55. The van der Waals surface area contributed by atoms with E-state index in [1.165, 1.54) is 0 Å². The fourth-order valence-electron chi connectivity index (χ4n) is 2.72. The number of nitrogens with zero attached hydrogens (tertiary/aromatic N) is 2. The van der Waals surface area contributed by atoms with Crippen molar-refractivity contribution in [2.75, 3.05) is 0 Å². The maximum atomic E-state index is 6.46. The summed E-state index contributed by atoms with van der Waals surface area (Å²) in [4.78, 5) is 4.72. The molecule has 1 heterocycles. The lowest BCUT2D eigenvalue weighted by molar-refractivity contribution is 0.567. The summed E-state index contributed by atoms with van der Waals surface area (Å²) in [6.45, 7) is 4.24. The molecule has 0 aliphatic heterocycles. The van der Waals surface area contributed by atoms with Crippen LogP contribution in [0.15, 0.2) is 42.5 Å². The molecule has 114 valence electrons. The third kappa shape index (κ3) is 2.60. The minimum Gasteiger partial charge on any atom is -0.324 e. The van der Waals surface area contributed by atoms with E-state index in [1.54, 1.807) is 12.1 Å². The number of benzene rings is 2. The topological polar surface area (TPSA) is 43.8 Å². The van der Waals surface area contributed by atoms with Crippen LogP contribution in [0.2, 0.25) is 10.0 Å². The molecule has 3 nitrogen and oxygen atoms in total. The molecule has 0 saturated heterocycles. The summed E-state index contributed by atoms with van der Waals surface area (Å²) in [7, 11) is 0. The van der Waals surface area contributed by atoms with Crippen LogP contribution in [0, 0.1) is 0 Å². The van der Waals surface area contributed by atoms with Crippen LogP contribution in [0.5, 0.6) is 0 Å². The van der Waals surface area contributed by atoms with E-state index in [4.69, 9.17) is 33.9 Å². The van der Waals surface area contributed by atoms with E-state index in [1.807, 2.05) is 24.3 Å². The zero-order valence-corrected chi connectivity index (χ0v) is 13.9. The fourth-order valence-corrected chi connectivity index (χ4v) is 3.24. The molecule has 0 fully saturated rings. The maximum Gasteiger partial charge on any atom is 0.131 e. The monoisotopic (exact) mass is 333 g/mol. The molecule has 0 saturated carbocycles. The first kappa shape index (κ1) is 15.3. The van der Waals surface area contributed by atoms with Crippen molar-refractivity contribution < 1.29 is 0 Å². The molecule has 0 aliphatic carbocycles. The van der Waals surface area contributed by atoms with Crippen LogP contribution in [0.4, 0.5) is 0 Å². The summed E-state index contributed by atoms with van der Waals surface area (Å²) in [6, 6.07) is 13.2. The minimum absolute atomic E-state index is 0.250. The predicted octanol–water partition coefficient (Wildman–Crippen LogP) is 4.97. The van der Waals surface area contributed by atoms with Crippen molar-refractivity contribution in [2.24, 2.45) is 5.73 Å². The van der Waals surface area contributed by atoms with Crippen LogP contribution in [-0.4, -0.2) is 9.55 Å². The number of rotatable bonds is 3. The van der Waals surface area contributed by atoms with Gasteiger partial charge >= 0.3 is 0 Å². The quantitative estimate of drug-likeness (QED) is 0.735. The first-order chi connectivity index (χ1) is 10.5. The van der Waals surface area contributed by atoms with Gasteiger partial charge in [0.05, 0.1) is 17.1 Å². The molecular weight excluding hydrogens is 317 g/mol. The van der Waals surface area contributed by atoms with Crippen molar-refractivity contribution in [3.05, 3.63) is 63.9 Å². The van der Waals surface area contributed by atoms with Gasteiger partial charge in [-0.2, -0.15) is 0 Å². The molecule has 0 radical (unpaired) electrons. The molecule has 3 rings (SSSR count). The summed E-state index contributed by atoms with van der Waals surface area (Å²) in [5.41, 5.74) is 9.29. The van der Waals surface area contributed by atoms with E-state index < -0.39 is 6.04 Å². The first-order valence-corrected chi connectivity index (χ1v) is 7.92. The van der Waals surface area contributed by atoms with Gasteiger partial charge in [-0.05, 0) is 43.7 Å². The van der Waals surface area contributed by atoms with Gasteiger partial charge in [0.1, 0.15) is 5.82 Å². The van der Waals surface area contributed by atoms with Crippen LogP contribution in [0.25, 0.3) is 11.0 Å². The molecule has 1 aromatic heterocycles. The largest absolute Gasteiger partial charge is 0.324 e. The molecule has 2 aromatic carbocycles. The molecule has 1 atom stereocenters. The molecule has 0 spiro atoms. The lowest BCUT2D eigenvalue weighted by Gasteiger charge is -2.19. The van der Waals surface area contributed by atoms with Gasteiger partial charge in [-0.25, -0.2) is 4.98 Å². The number of hydrogen-bond donors (Lipinski definition) is 1. The van der Waals surface area contributed by atoms with E-state index in [2.05, 4.69) is 24.5 Å². The Balaban J connectivity index is 2.18. The van der Waals surface area contributed by atoms with Crippen molar-refractivity contribution >= 4 is 34.2 Å². The highest BCUT2D eigenvalue weighted by atomic mass is 35.5. The van der Waals surface area contributed by atoms with Gasteiger partial charge in [-0.1, -0.05) is 41.4 Å². The van der Waals surface area contributed by atoms with Crippen LogP contribution in [0.3, 0.4) is 0 Å². The van der Waals surface area contributed by atoms with Gasteiger partial charge < -0.3 is 10.3 Å². The summed E-state index contributed by atoms with van der Waals surface area (Å²) in [6.07, 6.45) is 0. The second-order valence-corrected chi connectivity index (χ2v) is 6.41. The average Bonchev–Trinajstić information content (AvgIpc) is 2.86. The zero-order chi connectivity index (χ0) is 15.9. The number of aromatic nitrogens is 2. The number of fused-ring (bicyclic) bond motifs is 1. The number of nitrogens with two attached hydrogens (primary N) is 1. The fraction of sp³-hybridized carbons (Fsp3) is 0.235. The van der Waals surface area contributed by atoms with Crippen molar-refractivity contribution in [3.63, 3.8) is 0 Å². The number of imidazole rings is 1. The molecule has 3 aromatic rings. The van der Waals surface area contributed by atoms with E-state index in [0.29, 0.717) is 10.0 Å². The van der Waals surface area contributed by atoms with E-state index >= 15 is 0 Å². The Labute approximate surface area is 139 Å². The Morgan fingerprint density at radius 1 is 1.09 bits per heavy atom. The lowest BCUT2D eigenvalue weighted by Crippen LogP contribution is -2.19. The smallest absolute Gasteiger partial charge is 0.131 e. The van der Waals surface area contributed by atoms with Gasteiger partial charge in [-0.15, -0.1) is 0 Å². The molecule has 0 amide bonds. The van der Waals surface area contributed by atoms with E-state index in [9.17, 15) is 0 Å². The summed E-state index contributed by atoms with van der Waals surface area (Å²) < 4.78 is 2.16. The Morgan fingerprint density at radius 3 is 2.50 bits per heavy atom. The van der Waals surface area contributed by atoms with Crippen LogP contribution < -0.4 is 5.73 Å². The van der Waals surface area contributed by atoms with E-state index in [0.717, 1.165) is 22.4 Å². The SMILES string of the molecule is CC(C)n1c(C(N)c2ccc(Cl)cc2Cl)nc2ccccc21. The average molecular weight is 334 g/mol. The molecule has 1 unspecified atom stereocenters. The molecule has 2 N–H and O–H groups in total. The normalized spacial score (nSPS) is 13.0. The van der Waals surface area contributed by atoms with Crippen LogP contribution in [0.1, 0.15) is 37.3 Å². The van der Waals surface area contributed by atoms with Crippen molar-refractivity contribution in [1.82, 2.24) is 9.55 Å². The second kappa shape index (κ2) is 5.92. The van der Waals surface area contributed by atoms with E-state index in [-0.39, 0.29) is 6.04 Å². The first-order valence-electron chi connectivity index (χ1n) is 7.16.